The molecular formula is C37H37F6N2OPS. The third kappa shape index (κ3) is 4.31. The van der Waals surface area contributed by atoms with E-state index < -0.39 is 30.6 Å². The van der Waals surface area contributed by atoms with Crippen molar-refractivity contribution in [3.05, 3.63) is 119 Å². The quantitative estimate of drug-likeness (QED) is 0.113. The van der Waals surface area contributed by atoms with E-state index in [2.05, 4.69) is 0 Å². The fourth-order valence-electron chi connectivity index (χ4n) is 7.34. The van der Waals surface area contributed by atoms with Crippen LogP contribution < -0.4 is 19.9 Å². The van der Waals surface area contributed by atoms with Gasteiger partial charge in [0.05, 0.1) is 0 Å². The molecule has 4 aromatic rings. The number of fused-ring (bicyclic) bond motifs is 2. The first-order valence-corrected chi connectivity index (χ1v) is 18.3. The van der Waals surface area contributed by atoms with Crippen molar-refractivity contribution in [3.63, 3.8) is 0 Å². The summed E-state index contributed by atoms with van der Waals surface area (Å²) in [4.78, 5) is 0. The molecule has 2 aliphatic rings. The second kappa shape index (κ2) is 11.3. The molecule has 0 amide bonds. The third-order valence-electron chi connectivity index (χ3n) is 9.44. The van der Waals surface area contributed by atoms with Crippen LogP contribution in [0.1, 0.15) is 81.5 Å². The monoisotopic (exact) mass is 702 g/mol. The fourth-order valence-corrected chi connectivity index (χ4v) is 15.3. The molecule has 4 aromatic carbocycles. The van der Waals surface area contributed by atoms with E-state index in [4.69, 9.17) is 16.7 Å². The van der Waals surface area contributed by atoms with Crippen molar-refractivity contribution >= 4 is 46.4 Å². The average Bonchev–Trinajstić information content (AvgIpc) is 3.33. The summed E-state index contributed by atoms with van der Waals surface area (Å²) in [5, 5.41) is 0.178. The molecule has 254 valence electrons. The maximum atomic E-state index is 15.7. The van der Waals surface area contributed by atoms with E-state index in [0.29, 0.717) is 27.8 Å². The Kier molecular flexibility index (Phi) is 8.09. The second-order valence-electron chi connectivity index (χ2n) is 13.3. The van der Waals surface area contributed by atoms with Crippen LogP contribution in [0.4, 0.5) is 37.7 Å². The van der Waals surface area contributed by atoms with Gasteiger partial charge in [0.2, 0.25) is 0 Å². The van der Waals surface area contributed by atoms with Crippen LogP contribution in [-0.4, -0.2) is 17.5 Å². The van der Waals surface area contributed by atoms with Crippen molar-refractivity contribution in [2.75, 3.05) is 9.34 Å². The molecule has 0 saturated carbocycles. The molecule has 11 heteroatoms. The number of rotatable bonds is 6. The van der Waals surface area contributed by atoms with Gasteiger partial charge in [-0.25, -0.2) is 0 Å². The number of anilines is 2. The summed E-state index contributed by atoms with van der Waals surface area (Å²) in [5.41, 5.74) is -2.84. The summed E-state index contributed by atoms with van der Waals surface area (Å²) in [6.07, 6.45) is -11.8. The van der Waals surface area contributed by atoms with Gasteiger partial charge in [-0.15, -0.1) is 0 Å². The SMILES string of the molecule is CC(C)c1cc(C(C)C)c(P23(OC(C(F)(F)F)(C(F)(F)F)c4ccccc42)N(c2ccccc2)C(=S)N3c2ccccc2)c(C(C)C)c1. The topological polar surface area (TPSA) is 15.7 Å². The van der Waals surface area contributed by atoms with Crippen molar-refractivity contribution in [1.29, 1.82) is 0 Å². The van der Waals surface area contributed by atoms with E-state index in [1.807, 2.05) is 53.7 Å². The zero-order chi connectivity index (χ0) is 35.1. The van der Waals surface area contributed by atoms with Crippen LogP contribution in [0, 0.1) is 0 Å². The number of benzene rings is 4. The molecule has 0 N–H and O–H groups in total. The second-order valence-corrected chi connectivity index (χ2v) is 17.5. The van der Waals surface area contributed by atoms with Gasteiger partial charge in [-0.1, -0.05) is 0 Å². The standard InChI is InChI=1S/C37H37F6N2OPS/c1-23(2)26-21-29(24(3)4)33(30(22-26)25(5)6)47(32-20-14-13-19-31(32)35(46-47,36(38,39)40)37(41,42)43)44(27-15-9-7-10-16-27)34(48)45(47)28-17-11-8-12-18-28/h7-25H,1-6H3. The molecule has 0 unspecified atom stereocenters. The summed E-state index contributed by atoms with van der Waals surface area (Å²) in [7, 11) is -5.63. The Morgan fingerprint density at radius 1 is 0.625 bits per heavy atom. The summed E-state index contributed by atoms with van der Waals surface area (Å²) >= 11 is 6.09. The minimum atomic E-state index is -5.90. The van der Waals surface area contributed by atoms with Gasteiger partial charge in [-0.2, -0.15) is 0 Å². The van der Waals surface area contributed by atoms with E-state index >= 15 is 26.3 Å². The molecule has 0 bridgehead atoms. The number of nitrogens with zero attached hydrogens (tertiary/aromatic N) is 2. The molecule has 6 rings (SSSR count). The Balaban J connectivity index is 1.98. The third-order valence-corrected chi connectivity index (χ3v) is 15.6. The Hall–Kier alpha value is -3.46. The molecule has 0 radical (unpaired) electrons. The summed E-state index contributed by atoms with van der Waals surface area (Å²) in [6, 6.07) is 25.7. The Bertz CT molecular complexity index is 1780. The number of alkyl halides is 6. The van der Waals surface area contributed by atoms with Gasteiger partial charge < -0.3 is 0 Å². The molecule has 1 fully saturated rings. The Morgan fingerprint density at radius 3 is 1.44 bits per heavy atom. The number of hydrogen-bond acceptors (Lipinski definition) is 2. The summed E-state index contributed by atoms with van der Waals surface area (Å²) in [6.45, 7) is 11.6. The van der Waals surface area contributed by atoms with Crippen LogP contribution in [0.15, 0.2) is 97.1 Å². The van der Waals surface area contributed by atoms with Crippen LogP contribution in [0.5, 0.6) is 0 Å². The van der Waals surface area contributed by atoms with Crippen molar-refractivity contribution < 1.29 is 30.9 Å². The predicted molar refractivity (Wildman–Crippen MR) is 187 cm³/mol. The maximum absolute atomic E-state index is 15.7. The average molecular weight is 703 g/mol. The van der Waals surface area contributed by atoms with Gasteiger partial charge in [0.1, 0.15) is 0 Å². The molecular weight excluding hydrogens is 665 g/mol. The normalized spacial score (nSPS) is 19.1. The zero-order valence-electron chi connectivity index (χ0n) is 27.4. The van der Waals surface area contributed by atoms with Crippen LogP contribution in [0.2, 0.25) is 0 Å². The van der Waals surface area contributed by atoms with Crippen LogP contribution in [0.25, 0.3) is 0 Å². The molecule has 0 aromatic heterocycles. The van der Waals surface area contributed by atoms with Gasteiger partial charge in [-0.3, -0.25) is 0 Å². The number of thiocarbonyl (C=S) groups is 1. The van der Waals surface area contributed by atoms with Gasteiger partial charge in [0.25, 0.3) is 0 Å². The molecule has 48 heavy (non-hydrogen) atoms. The van der Waals surface area contributed by atoms with Gasteiger partial charge >= 0.3 is 283 Å². The van der Waals surface area contributed by atoms with Crippen LogP contribution in [0.3, 0.4) is 0 Å². The van der Waals surface area contributed by atoms with Crippen molar-refractivity contribution in [2.24, 2.45) is 0 Å². The molecule has 0 aliphatic carbocycles. The van der Waals surface area contributed by atoms with E-state index in [9.17, 15) is 0 Å². The van der Waals surface area contributed by atoms with Crippen molar-refractivity contribution in [3.8, 4) is 0 Å². The first kappa shape index (κ1) is 34.4. The number of halogens is 6. The first-order valence-electron chi connectivity index (χ1n) is 15.8. The molecule has 3 nitrogen and oxygen atoms in total. The fraction of sp³-hybridized carbons (Fsp3) is 0.324. The molecule has 1 saturated heterocycles. The van der Waals surface area contributed by atoms with Gasteiger partial charge in [0, 0.05) is 0 Å². The number of hydrogen-bond donors (Lipinski definition) is 0. The Morgan fingerprint density at radius 2 is 1.04 bits per heavy atom. The van der Waals surface area contributed by atoms with Crippen molar-refractivity contribution in [2.45, 2.75) is 77.2 Å². The molecule has 2 aliphatic heterocycles. The summed E-state index contributed by atoms with van der Waals surface area (Å²) < 4.78 is 104. The number of para-hydroxylation sites is 2. The van der Waals surface area contributed by atoms with Crippen LogP contribution in [-0.2, 0) is 10.1 Å². The van der Waals surface area contributed by atoms with E-state index in [0.717, 1.165) is 11.6 Å². The predicted octanol–water partition coefficient (Wildman–Crippen LogP) is 11.0. The van der Waals surface area contributed by atoms with E-state index in [1.165, 1.54) is 27.5 Å². The zero-order valence-corrected chi connectivity index (χ0v) is 29.1. The molecule has 0 atom stereocenters. The van der Waals surface area contributed by atoms with Crippen LogP contribution >= 0.6 is 19.3 Å². The van der Waals surface area contributed by atoms with E-state index in [-0.39, 0.29) is 28.2 Å². The first-order chi connectivity index (χ1) is 22.4. The Labute approximate surface area is 282 Å². The molecule has 1 spiro atoms. The van der Waals surface area contributed by atoms with E-state index in [1.54, 1.807) is 60.7 Å². The van der Waals surface area contributed by atoms with Gasteiger partial charge in [0.15, 0.2) is 0 Å². The molecule has 2 heterocycles. The minimum absolute atomic E-state index is 0.0299. The summed E-state index contributed by atoms with van der Waals surface area (Å²) in [5.74, 6) is -0.610. The van der Waals surface area contributed by atoms with Crippen molar-refractivity contribution in [1.82, 2.24) is 0 Å². The van der Waals surface area contributed by atoms with Gasteiger partial charge in [-0.05, 0) is 0 Å².